The highest BCUT2D eigenvalue weighted by Gasteiger charge is 2.38. The summed E-state index contributed by atoms with van der Waals surface area (Å²) in [6.45, 7) is 2.05. The van der Waals surface area contributed by atoms with Gasteiger partial charge in [0.25, 0.3) is 0 Å². The quantitative estimate of drug-likeness (QED) is 0.201. The zero-order valence-corrected chi connectivity index (χ0v) is 19.6. The van der Waals surface area contributed by atoms with Crippen molar-refractivity contribution in [1.82, 2.24) is 10.1 Å². The summed E-state index contributed by atoms with van der Waals surface area (Å²) in [5.74, 6) is -1.75. The molecular weight excluding hydrogens is 498 g/mol. The molecule has 4 aromatic rings. The van der Waals surface area contributed by atoms with Crippen LogP contribution in [-0.2, 0) is 17.4 Å². The largest absolute Gasteiger partial charge is 0.471 e. The van der Waals surface area contributed by atoms with E-state index in [0.717, 1.165) is 22.3 Å². The van der Waals surface area contributed by atoms with Gasteiger partial charge in [0.2, 0.25) is 11.7 Å². The van der Waals surface area contributed by atoms with Gasteiger partial charge in [0.15, 0.2) is 0 Å². The van der Waals surface area contributed by atoms with Crippen molar-refractivity contribution in [2.45, 2.75) is 24.4 Å². The number of rotatable bonds is 8. The molecule has 1 amide bonds. The standard InChI is InChI=1S/C25H19F4N3O3S/c1-2-36-19-9-6-15(7-10-19)12-22(33)30-17-8-11-20(23-31-24(35-32-23)25(27,28)29)21(14-17)34-18-5-3-4-16(26)13-18/h3-11,13-14H,2,12H2,1H3,(H,30,33). The molecule has 0 fully saturated rings. The predicted molar refractivity (Wildman–Crippen MR) is 126 cm³/mol. The van der Waals surface area contributed by atoms with Crippen molar-refractivity contribution in [3.8, 4) is 22.9 Å². The summed E-state index contributed by atoms with van der Waals surface area (Å²) in [5.41, 5.74) is 1.18. The van der Waals surface area contributed by atoms with E-state index in [9.17, 15) is 22.4 Å². The number of hydrogen-bond donors (Lipinski definition) is 1. The van der Waals surface area contributed by atoms with Crippen LogP contribution in [0.3, 0.4) is 0 Å². The molecule has 0 saturated carbocycles. The van der Waals surface area contributed by atoms with Gasteiger partial charge in [-0.05, 0) is 47.7 Å². The smallest absolute Gasteiger partial charge is 0.456 e. The highest BCUT2D eigenvalue weighted by Crippen LogP contribution is 2.36. The average molecular weight is 518 g/mol. The number of hydrogen-bond acceptors (Lipinski definition) is 6. The molecule has 0 atom stereocenters. The van der Waals surface area contributed by atoms with Gasteiger partial charge in [-0.15, -0.1) is 11.8 Å². The lowest BCUT2D eigenvalue weighted by molar-refractivity contribution is -0.159. The number of carbonyl (C=O) groups is 1. The summed E-state index contributed by atoms with van der Waals surface area (Å²) in [6.07, 6.45) is -4.71. The Balaban J connectivity index is 1.58. The number of carbonyl (C=O) groups excluding carboxylic acids is 1. The molecule has 0 unspecified atom stereocenters. The van der Waals surface area contributed by atoms with Crippen LogP contribution in [0.1, 0.15) is 18.4 Å². The van der Waals surface area contributed by atoms with Gasteiger partial charge in [0.1, 0.15) is 17.3 Å². The van der Waals surface area contributed by atoms with Crippen LogP contribution in [0.15, 0.2) is 76.1 Å². The number of amides is 1. The van der Waals surface area contributed by atoms with E-state index in [0.29, 0.717) is 5.69 Å². The first kappa shape index (κ1) is 25.2. The fraction of sp³-hybridized carbons (Fsp3) is 0.160. The second-order valence-corrected chi connectivity index (χ2v) is 8.83. The summed E-state index contributed by atoms with van der Waals surface area (Å²) >= 11 is 1.69. The number of halogens is 4. The van der Waals surface area contributed by atoms with Crippen molar-refractivity contribution in [1.29, 1.82) is 0 Å². The van der Waals surface area contributed by atoms with Crippen LogP contribution in [0.4, 0.5) is 23.2 Å². The van der Waals surface area contributed by atoms with Gasteiger partial charge in [0.05, 0.1) is 12.0 Å². The monoisotopic (exact) mass is 517 g/mol. The highest BCUT2D eigenvalue weighted by atomic mass is 32.2. The zero-order chi connectivity index (χ0) is 25.7. The Morgan fingerprint density at radius 1 is 1.08 bits per heavy atom. The maximum Gasteiger partial charge on any atom is 0.471 e. The van der Waals surface area contributed by atoms with E-state index >= 15 is 0 Å². The molecule has 1 heterocycles. The first-order chi connectivity index (χ1) is 17.2. The molecule has 4 rings (SSSR count). The van der Waals surface area contributed by atoms with Gasteiger partial charge in [-0.3, -0.25) is 4.79 Å². The lowest BCUT2D eigenvalue weighted by Gasteiger charge is -2.12. The lowest BCUT2D eigenvalue weighted by Crippen LogP contribution is -2.14. The van der Waals surface area contributed by atoms with E-state index in [1.165, 1.54) is 36.4 Å². The Labute approximate surface area is 207 Å². The third kappa shape index (κ3) is 6.42. The molecule has 0 aliphatic rings. The van der Waals surface area contributed by atoms with Crippen molar-refractivity contribution >= 4 is 23.4 Å². The second-order valence-electron chi connectivity index (χ2n) is 7.49. The molecule has 1 N–H and O–H groups in total. The minimum atomic E-state index is -4.82. The van der Waals surface area contributed by atoms with Crippen LogP contribution in [0.25, 0.3) is 11.4 Å². The second kappa shape index (κ2) is 10.8. The Hall–Kier alpha value is -3.86. The molecular formula is C25H19F4N3O3S. The van der Waals surface area contributed by atoms with E-state index in [-0.39, 0.29) is 35.2 Å². The molecule has 1 aromatic heterocycles. The third-order valence-electron chi connectivity index (χ3n) is 4.80. The number of anilines is 1. The first-order valence-corrected chi connectivity index (χ1v) is 11.7. The molecule has 6 nitrogen and oxygen atoms in total. The number of nitrogens with zero attached hydrogens (tertiary/aromatic N) is 2. The van der Waals surface area contributed by atoms with Gasteiger partial charge in [-0.1, -0.05) is 30.3 Å². The normalized spacial score (nSPS) is 11.4. The van der Waals surface area contributed by atoms with Crippen LogP contribution in [0, 0.1) is 5.82 Å². The number of thioether (sulfide) groups is 1. The molecule has 36 heavy (non-hydrogen) atoms. The Morgan fingerprint density at radius 3 is 2.53 bits per heavy atom. The highest BCUT2D eigenvalue weighted by molar-refractivity contribution is 7.99. The van der Waals surface area contributed by atoms with Gasteiger partial charge in [0, 0.05) is 22.7 Å². The molecule has 0 radical (unpaired) electrons. The lowest BCUT2D eigenvalue weighted by atomic mass is 10.1. The van der Waals surface area contributed by atoms with E-state index in [4.69, 9.17) is 4.74 Å². The number of ether oxygens (including phenoxy) is 1. The van der Waals surface area contributed by atoms with Crippen molar-refractivity contribution in [2.24, 2.45) is 0 Å². The maximum atomic E-state index is 13.7. The number of nitrogens with one attached hydrogen (secondary N) is 1. The van der Waals surface area contributed by atoms with E-state index in [1.807, 2.05) is 24.3 Å². The summed E-state index contributed by atoms with van der Waals surface area (Å²) in [6, 6.07) is 17.1. The minimum absolute atomic E-state index is 0.00568. The zero-order valence-electron chi connectivity index (χ0n) is 18.8. The first-order valence-electron chi connectivity index (χ1n) is 10.7. The molecule has 3 aromatic carbocycles. The Bertz CT molecular complexity index is 1360. The van der Waals surface area contributed by atoms with Gasteiger partial charge in [-0.25, -0.2) is 4.39 Å². The van der Waals surface area contributed by atoms with Crippen molar-refractivity contribution < 1.29 is 31.6 Å². The average Bonchev–Trinajstić information content (AvgIpc) is 3.32. The van der Waals surface area contributed by atoms with Gasteiger partial charge < -0.3 is 14.6 Å². The molecule has 0 aliphatic heterocycles. The summed E-state index contributed by atoms with van der Waals surface area (Å²) in [4.78, 5) is 17.1. The Kier molecular flexibility index (Phi) is 7.58. The molecule has 0 saturated heterocycles. The Morgan fingerprint density at radius 2 is 1.86 bits per heavy atom. The minimum Gasteiger partial charge on any atom is -0.456 e. The van der Waals surface area contributed by atoms with Crippen LogP contribution in [-0.4, -0.2) is 21.8 Å². The van der Waals surface area contributed by atoms with Crippen LogP contribution >= 0.6 is 11.8 Å². The summed E-state index contributed by atoms with van der Waals surface area (Å²) < 4.78 is 62.5. The van der Waals surface area contributed by atoms with Crippen molar-refractivity contribution in [3.63, 3.8) is 0 Å². The van der Waals surface area contributed by atoms with Crippen molar-refractivity contribution in [2.75, 3.05) is 11.1 Å². The van der Waals surface area contributed by atoms with Crippen LogP contribution in [0.5, 0.6) is 11.5 Å². The fourth-order valence-corrected chi connectivity index (χ4v) is 3.90. The number of aromatic nitrogens is 2. The molecule has 0 aliphatic carbocycles. The van der Waals surface area contributed by atoms with E-state index in [2.05, 4.69) is 26.9 Å². The molecule has 0 bridgehead atoms. The SMILES string of the molecule is CCSc1ccc(CC(=O)Nc2ccc(-c3noc(C(F)(F)F)n3)c(Oc3cccc(F)c3)c2)cc1. The van der Waals surface area contributed by atoms with Gasteiger partial charge in [-0.2, -0.15) is 18.2 Å². The van der Waals surface area contributed by atoms with Crippen LogP contribution < -0.4 is 10.1 Å². The third-order valence-corrected chi connectivity index (χ3v) is 5.69. The number of alkyl halides is 3. The van der Waals surface area contributed by atoms with Crippen LogP contribution in [0.2, 0.25) is 0 Å². The van der Waals surface area contributed by atoms with E-state index < -0.39 is 17.9 Å². The maximum absolute atomic E-state index is 13.7. The van der Waals surface area contributed by atoms with Gasteiger partial charge >= 0.3 is 12.1 Å². The topological polar surface area (TPSA) is 77.3 Å². The van der Waals surface area contributed by atoms with E-state index in [1.54, 1.807) is 11.8 Å². The summed E-state index contributed by atoms with van der Waals surface area (Å²) in [5, 5.41) is 6.12. The molecule has 186 valence electrons. The molecule has 11 heteroatoms. The predicted octanol–water partition coefficient (Wildman–Crippen LogP) is 6.98. The summed E-state index contributed by atoms with van der Waals surface area (Å²) in [7, 11) is 0. The van der Waals surface area contributed by atoms with Crippen molar-refractivity contribution in [3.05, 3.63) is 84.0 Å². The fourth-order valence-electron chi connectivity index (χ4n) is 3.24. The number of benzene rings is 3. The molecule has 0 spiro atoms.